The zero-order valence-corrected chi connectivity index (χ0v) is 30.7. The Labute approximate surface area is 305 Å². The Morgan fingerprint density at radius 1 is 0.769 bits per heavy atom. The highest BCUT2D eigenvalue weighted by Gasteiger charge is 2.68. The van der Waals surface area contributed by atoms with E-state index < -0.39 is 98.4 Å². The van der Waals surface area contributed by atoms with Gasteiger partial charge in [0.1, 0.15) is 48.8 Å². The van der Waals surface area contributed by atoms with Gasteiger partial charge in [0.05, 0.1) is 38.6 Å². The van der Waals surface area contributed by atoms with Gasteiger partial charge in [0, 0.05) is 11.8 Å². The molecule has 6 fully saturated rings. The van der Waals surface area contributed by atoms with Crippen LogP contribution in [-0.2, 0) is 28.5 Å². The van der Waals surface area contributed by atoms with Crippen LogP contribution in [-0.4, -0.2) is 152 Å². The van der Waals surface area contributed by atoms with Crippen LogP contribution in [0.5, 0.6) is 0 Å². The molecule has 9 N–H and O–H groups in total. The van der Waals surface area contributed by atoms with E-state index in [-0.39, 0.29) is 53.3 Å². The summed E-state index contributed by atoms with van der Waals surface area (Å²) in [6.07, 6.45) is -10.6. The number of hydrogen-bond acceptors (Lipinski definition) is 15. The molecule has 15 nitrogen and oxygen atoms in total. The first-order valence-corrected chi connectivity index (χ1v) is 19.3. The monoisotopic (exact) mass is 746 g/mol. The van der Waals surface area contributed by atoms with Crippen LogP contribution in [0.15, 0.2) is 0 Å². The van der Waals surface area contributed by atoms with Crippen LogP contribution in [0.1, 0.15) is 78.6 Å². The minimum absolute atomic E-state index is 0.0147. The fourth-order valence-corrected chi connectivity index (χ4v) is 11.8. The molecule has 0 radical (unpaired) electrons. The van der Waals surface area contributed by atoms with Crippen molar-refractivity contribution in [2.75, 3.05) is 20.3 Å². The molecule has 0 aromatic rings. The summed E-state index contributed by atoms with van der Waals surface area (Å²) in [7, 11) is 1.36. The number of rotatable bonds is 10. The van der Waals surface area contributed by atoms with Crippen LogP contribution in [0, 0.1) is 46.3 Å². The largest absolute Gasteiger partial charge is 0.469 e. The second-order valence-corrected chi connectivity index (χ2v) is 17.2. The molecule has 4 saturated carbocycles. The molecule has 0 aromatic heterocycles. The summed E-state index contributed by atoms with van der Waals surface area (Å²) in [4.78, 5) is 12.2. The lowest BCUT2D eigenvalue weighted by molar-refractivity contribution is -0.346. The summed E-state index contributed by atoms with van der Waals surface area (Å²) in [6, 6.07) is 0. The van der Waals surface area contributed by atoms with Crippen molar-refractivity contribution >= 4 is 5.97 Å². The zero-order chi connectivity index (χ0) is 37.9. The standard InChI is InChI=1S/C37H62O15/c1-16(5-8-26(41)48-4)19-6-7-20-27-21(13-25(37(19,20)3)52-35-33(47)31(45)29(43)24(15-39)51-35)36(2)10-9-18(40)11-17(36)12-22(27)49-34-32(46)30(44)28(42)23(14-38)50-34/h16-25,27-35,38-40,42-47H,5-15H2,1-4H3/t16-,17+,18-,19-,20+,21+,22-,23+,24+,25+,27+,28+,29+,30-,31-,32+,33+,34-,35+,36+,37-/m1/s1. The fraction of sp³-hybridized carbons (Fsp3) is 0.973. The van der Waals surface area contributed by atoms with Gasteiger partial charge in [0.15, 0.2) is 12.6 Å². The number of hydrogen-bond donors (Lipinski definition) is 9. The first kappa shape index (κ1) is 40.6. The maximum absolute atomic E-state index is 12.2. The lowest BCUT2D eigenvalue weighted by atomic mass is 9.43. The van der Waals surface area contributed by atoms with Gasteiger partial charge in [-0.15, -0.1) is 0 Å². The molecule has 4 aliphatic carbocycles. The van der Waals surface area contributed by atoms with E-state index in [1.54, 1.807) is 0 Å². The SMILES string of the molecule is COC(=O)CC[C@@H](C)[C@H]1CC[C@H]2[C@@H]3[C@H](O[C@@H]4O[C@@H](CO)[C@H](O)[C@@H](O)[C@@H]4O)C[C@@H]4C[C@H](O)CC[C@]4(C)[C@H]3C[C@H](O[C@@H]3O[C@@H](CO)[C@H](O)[C@@H](O)[C@@H]3O)[C@]12C. The van der Waals surface area contributed by atoms with Gasteiger partial charge < -0.3 is 69.6 Å². The molecular weight excluding hydrogens is 684 g/mol. The maximum atomic E-state index is 12.2. The molecule has 0 spiro atoms. The van der Waals surface area contributed by atoms with Crippen molar-refractivity contribution < 1.29 is 74.4 Å². The van der Waals surface area contributed by atoms with Crippen molar-refractivity contribution in [1.82, 2.24) is 0 Å². The Hall–Kier alpha value is -1.05. The number of aliphatic hydroxyl groups excluding tert-OH is 9. The first-order chi connectivity index (χ1) is 24.6. The molecule has 2 heterocycles. The van der Waals surface area contributed by atoms with Gasteiger partial charge >= 0.3 is 5.97 Å². The number of esters is 1. The number of aliphatic hydroxyl groups is 9. The van der Waals surface area contributed by atoms with E-state index in [9.17, 15) is 50.8 Å². The van der Waals surface area contributed by atoms with Gasteiger partial charge in [0.2, 0.25) is 0 Å². The van der Waals surface area contributed by atoms with E-state index in [2.05, 4.69) is 20.8 Å². The zero-order valence-electron chi connectivity index (χ0n) is 30.7. The number of carbonyl (C=O) groups excluding carboxylic acids is 1. The van der Waals surface area contributed by atoms with E-state index in [0.29, 0.717) is 32.1 Å². The van der Waals surface area contributed by atoms with Gasteiger partial charge in [0.25, 0.3) is 0 Å². The second kappa shape index (κ2) is 15.8. The lowest BCUT2D eigenvalue weighted by Gasteiger charge is -2.65. The summed E-state index contributed by atoms with van der Waals surface area (Å²) >= 11 is 0. The average Bonchev–Trinajstić information content (AvgIpc) is 3.49. The van der Waals surface area contributed by atoms with E-state index >= 15 is 0 Å². The van der Waals surface area contributed by atoms with Crippen molar-refractivity contribution in [2.24, 2.45) is 46.3 Å². The number of methoxy groups -OCH3 is 1. The van der Waals surface area contributed by atoms with E-state index in [1.807, 2.05) is 0 Å². The molecule has 15 heteroatoms. The van der Waals surface area contributed by atoms with Gasteiger partial charge in [-0.2, -0.15) is 0 Å². The topological polar surface area (TPSA) is 245 Å². The molecule has 6 aliphatic rings. The third-order valence-corrected chi connectivity index (χ3v) is 14.8. The van der Waals surface area contributed by atoms with Crippen LogP contribution in [0.2, 0.25) is 0 Å². The van der Waals surface area contributed by atoms with Crippen LogP contribution < -0.4 is 0 Å². The maximum Gasteiger partial charge on any atom is 0.305 e. The fourth-order valence-electron chi connectivity index (χ4n) is 11.8. The van der Waals surface area contributed by atoms with Gasteiger partial charge in [-0.05, 0) is 92.3 Å². The molecule has 300 valence electrons. The van der Waals surface area contributed by atoms with Crippen LogP contribution >= 0.6 is 0 Å². The van der Waals surface area contributed by atoms with Crippen LogP contribution in [0.3, 0.4) is 0 Å². The Balaban J connectivity index is 1.39. The third-order valence-electron chi connectivity index (χ3n) is 14.8. The first-order valence-electron chi connectivity index (χ1n) is 19.3. The molecule has 6 rings (SSSR count). The highest BCUT2D eigenvalue weighted by atomic mass is 16.7. The number of ether oxygens (including phenoxy) is 5. The van der Waals surface area contributed by atoms with Crippen molar-refractivity contribution in [3.8, 4) is 0 Å². The average molecular weight is 747 g/mol. The van der Waals surface area contributed by atoms with Crippen molar-refractivity contribution in [3.05, 3.63) is 0 Å². The van der Waals surface area contributed by atoms with E-state index in [0.717, 1.165) is 19.3 Å². The summed E-state index contributed by atoms with van der Waals surface area (Å²) < 4.78 is 30.2. The smallest absolute Gasteiger partial charge is 0.305 e. The second-order valence-electron chi connectivity index (χ2n) is 17.2. The highest BCUT2D eigenvalue weighted by molar-refractivity contribution is 5.69. The summed E-state index contributed by atoms with van der Waals surface area (Å²) in [6.45, 7) is 5.35. The molecule has 52 heavy (non-hydrogen) atoms. The van der Waals surface area contributed by atoms with Crippen molar-refractivity contribution in [3.63, 3.8) is 0 Å². The molecule has 0 bridgehead atoms. The highest BCUT2D eigenvalue weighted by Crippen LogP contribution is 2.69. The Morgan fingerprint density at radius 3 is 1.94 bits per heavy atom. The van der Waals surface area contributed by atoms with Crippen LogP contribution in [0.25, 0.3) is 0 Å². The molecule has 2 aliphatic heterocycles. The minimum atomic E-state index is -1.61. The predicted molar refractivity (Wildman–Crippen MR) is 180 cm³/mol. The Kier molecular flexibility index (Phi) is 12.4. The van der Waals surface area contributed by atoms with Gasteiger partial charge in [-0.1, -0.05) is 20.8 Å². The Bertz CT molecular complexity index is 1220. The summed E-state index contributed by atoms with van der Waals surface area (Å²) in [5.41, 5.74) is -0.851. The van der Waals surface area contributed by atoms with Gasteiger partial charge in [-0.25, -0.2) is 0 Å². The molecule has 0 amide bonds. The molecular formula is C37H62O15. The van der Waals surface area contributed by atoms with Gasteiger partial charge in [-0.3, -0.25) is 4.79 Å². The summed E-state index contributed by atoms with van der Waals surface area (Å²) in [5, 5.41) is 95.2. The minimum Gasteiger partial charge on any atom is -0.469 e. The van der Waals surface area contributed by atoms with Crippen molar-refractivity contribution in [2.45, 2.75) is 158 Å². The molecule has 0 unspecified atom stereocenters. The predicted octanol–water partition coefficient (Wildman–Crippen LogP) is -0.814. The van der Waals surface area contributed by atoms with E-state index in [1.165, 1.54) is 7.11 Å². The summed E-state index contributed by atoms with van der Waals surface area (Å²) in [5.74, 6) is -0.417. The molecule has 2 saturated heterocycles. The normalized spacial score (nSPS) is 52.6. The number of carbonyl (C=O) groups is 1. The third kappa shape index (κ3) is 6.98. The lowest BCUT2D eigenvalue weighted by Crippen LogP contribution is -2.66. The molecule has 21 atom stereocenters. The van der Waals surface area contributed by atoms with E-state index in [4.69, 9.17) is 23.7 Å². The van der Waals surface area contributed by atoms with Crippen molar-refractivity contribution in [1.29, 1.82) is 0 Å². The van der Waals surface area contributed by atoms with Crippen LogP contribution in [0.4, 0.5) is 0 Å². The Morgan fingerprint density at radius 2 is 1.37 bits per heavy atom. The quantitative estimate of drug-likeness (QED) is 0.0980. The molecule has 0 aromatic carbocycles. The number of fused-ring (bicyclic) bond motifs is 5.